The van der Waals surface area contributed by atoms with Crippen LogP contribution in [0.15, 0.2) is 0 Å². The van der Waals surface area contributed by atoms with E-state index in [1.165, 1.54) is 25.8 Å². The Morgan fingerprint density at radius 3 is 2.12 bits per heavy atom. The van der Waals surface area contributed by atoms with E-state index in [1.807, 2.05) is 0 Å². The predicted octanol–water partition coefficient (Wildman–Crippen LogP) is 3.03. The van der Waals surface area contributed by atoms with Gasteiger partial charge in [0.25, 0.3) is 0 Å². The Bertz CT molecular complexity index is 221. The summed E-state index contributed by atoms with van der Waals surface area (Å²) in [4.78, 5) is 2.75. The third-order valence-electron chi connectivity index (χ3n) is 4.35. The number of hydrogen-bond donors (Lipinski definition) is 1. The molecule has 0 aromatic carbocycles. The van der Waals surface area contributed by atoms with Gasteiger partial charge in [0.15, 0.2) is 0 Å². The van der Waals surface area contributed by atoms with Gasteiger partial charge in [-0.15, -0.1) is 0 Å². The lowest BCUT2D eigenvalue weighted by atomic mass is 9.85. The molecule has 1 atom stereocenters. The molecule has 1 N–H and O–H groups in total. The van der Waals surface area contributed by atoms with Gasteiger partial charge < -0.3 is 5.32 Å². The summed E-state index contributed by atoms with van der Waals surface area (Å²) in [7, 11) is 0. The minimum atomic E-state index is 0.261. The third-order valence-corrected chi connectivity index (χ3v) is 4.35. The normalized spacial score (nSPS) is 30.9. The van der Waals surface area contributed by atoms with Gasteiger partial charge in [0.2, 0.25) is 0 Å². The fraction of sp³-hybridized carbons (Fsp3) is 1.00. The van der Waals surface area contributed by atoms with E-state index in [-0.39, 0.29) is 5.54 Å². The monoisotopic (exact) mass is 226 g/mol. The maximum atomic E-state index is 3.69. The minimum absolute atomic E-state index is 0.261. The molecule has 16 heavy (non-hydrogen) atoms. The lowest BCUT2D eigenvalue weighted by molar-refractivity contribution is -0.0131. The summed E-state index contributed by atoms with van der Waals surface area (Å²) >= 11 is 0. The number of hydrogen-bond acceptors (Lipinski definition) is 2. The van der Waals surface area contributed by atoms with Crippen LogP contribution in [-0.4, -0.2) is 35.1 Å². The zero-order valence-corrected chi connectivity index (χ0v) is 12.1. The molecule has 1 aliphatic rings. The van der Waals surface area contributed by atoms with Gasteiger partial charge in [0.1, 0.15) is 0 Å². The van der Waals surface area contributed by atoms with E-state index in [4.69, 9.17) is 0 Å². The summed E-state index contributed by atoms with van der Waals surface area (Å²) in [6.45, 7) is 16.3. The average molecular weight is 226 g/mol. The Morgan fingerprint density at radius 2 is 1.69 bits per heavy atom. The average Bonchev–Trinajstić information content (AvgIpc) is 2.25. The van der Waals surface area contributed by atoms with Gasteiger partial charge in [-0.1, -0.05) is 20.8 Å². The van der Waals surface area contributed by atoms with Crippen LogP contribution in [0.25, 0.3) is 0 Å². The zero-order chi connectivity index (χ0) is 12.4. The fourth-order valence-electron chi connectivity index (χ4n) is 2.83. The van der Waals surface area contributed by atoms with Crippen molar-refractivity contribution in [1.29, 1.82) is 0 Å². The van der Waals surface area contributed by atoms with Crippen molar-refractivity contribution in [2.24, 2.45) is 0 Å². The summed E-state index contributed by atoms with van der Waals surface area (Å²) in [5, 5.41) is 3.69. The minimum Gasteiger partial charge on any atom is -0.309 e. The summed E-state index contributed by atoms with van der Waals surface area (Å²) in [5.41, 5.74) is 0.601. The highest BCUT2D eigenvalue weighted by atomic mass is 15.3. The van der Waals surface area contributed by atoms with Crippen LogP contribution in [0.4, 0.5) is 0 Å². The van der Waals surface area contributed by atoms with Crippen molar-refractivity contribution in [1.82, 2.24) is 10.2 Å². The quantitative estimate of drug-likeness (QED) is 0.792. The van der Waals surface area contributed by atoms with E-state index < -0.39 is 0 Å². The van der Waals surface area contributed by atoms with E-state index in [0.717, 1.165) is 12.6 Å². The fourth-order valence-corrected chi connectivity index (χ4v) is 2.83. The Balaban J connectivity index is 2.87. The number of piperazine rings is 1. The summed E-state index contributed by atoms with van der Waals surface area (Å²) in [6, 6.07) is 0.742. The molecule has 1 unspecified atom stereocenters. The van der Waals surface area contributed by atoms with Crippen LogP contribution in [0.1, 0.15) is 60.8 Å². The molecular formula is C14H30N2. The third kappa shape index (κ3) is 2.78. The number of nitrogens with zero attached hydrogens (tertiary/aromatic N) is 1. The van der Waals surface area contributed by atoms with Crippen LogP contribution < -0.4 is 5.32 Å². The molecule has 1 fully saturated rings. The Hall–Kier alpha value is -0.0800. The second-order valence-electron chi connectivity index (χ2n) is 6.19. The molecule has 1 rings (SSSR count). The van der Waals surface area contributed by atoms with Crippen LogP contribution in [-0.2, 0) is 0 Å². The van der Waals surface area contributed by atoms with Crippen molar-refractivity contribution in [3.8, 4) is 0 Å². The van der Waals surface area contributed by atoms with Gasteiger partial charge in [-0.2, -0.15) is 0 Å². The van der Waals surface area contributed by atoms with E-state index in [1.54, 1.807) is 0 Å². The molecule has 2 nitrogen and oxygen atoms in total. The van der Waals surface area contributed by atoms with Gasteiger partial charge in [-0.3, -0.25) is 4.90 Å². The maximum Gasteiger partial charge on any atom is 0.0307 e. The molecule has 2 heteroatoms. The first kappa shape index (κ1) is 14.0. The first-order chi connectivity index (χ1) is 7.38. The topological polar surface area (TPSA) is 15.3 Å². The first-order valence-corrected chi connectivity index (χ1v) is 6.90. The van der Waals surface area contributed by atoms with Crippen molar-refractivity contribution in [3.63, 3.8) is 0 Å². The number of rotatable bonds is 4. The molecule has 0 aromatic rings. The molecule has 0 bridgehead atoms. The second-order valence-corrected chi connectivity index (χ2v) is 6.19. The van der Waals surface area contributed by atoms with Crippen molar-refractivity contribution in [2.75, 3.05) is 13.1 Å². The molecule has 0 spiro atoms. The Morgan fingerprint density at radius 1 is 1.12 bits per heavy atom. The van der Waals surface area contributed by atoms with Crippen molar-refractivity contribution in [2.45, 2.75) is 77.9 Å². The molecule has 1 aliphatic heterocycles. The lowest BCUT2D eigenvalue weighted by Gasteiger charge is -2.54. The van der Waals surface area contributed by atoms with Crippen LogP contribution in [0, 0.1) is 0 Å². The second kappa shape index (κ2) is 5.05. The van der Waals surface area contributed by atoms with E-state index in [0.29, 0.717) is 5.54 Å². The van der Waals surface area contributed by atoms with Crippen molar-refractivity contribution in [3.05, 3.63) is 0 Å². The van der Waals surface area contributed by atoms with Crippen molar-refractivity contribution < 1.29 is 0 Å². The number of nitrogens with one attached hydrogen (secondary N) is 1. The van der Waals surface area contributed by atoms with Gasteiger partial charge >= 0.3 is 0 Å². The molecule has 0 radical (unpaired) electrons. The van der Waals surface area contributed by atoms with Gasteiger partial charge in [-0.05, 0) is 40.0 Å². The molecule has 96 valence electrons. The van der Waals surface area contributed by atoms with Crippen LogP contribution >= 0.6 is 0 Å². The van der Waals surface area contributed by atoms with E-state index in [2.05, 4.69) is 51.8 Å². The molecule has 0 amide bonds. The highest BCUT2D eigenvalue weighted by Gasteiger charge is 2.41. The Kier molecular flexibility index (Phi) is 4.42. The molecule has 1 heterocycles. The highest BCUT2D eigenvalue weighted by Crippen LogP contribution is 2.30. The summed E-state index contributed by atoms with van der Waals surface area (Å²) < 4.78 is 0. The van der Waals surface area contributed by atoms with Gasteiger partial charge in [0, 0.05) is 30.2 Å². The van der Waals surface area contributed by atoms with E-state index >= 15 is 0 Å². The van der Waals surface area contributed by atoms with E-state index in [9.17, 15) is 0 Å². The summed E-state index contributed by atoms with van der Waals surface area (Å²) in [5.74, 6) is 0. The highest BCUT2D eigenvalue weighted by molar-refractivity contribution is 5.01. The Labute approximate surface area is 102 Å². The largest absolute Gasteiger partial charge is 0.309 e. The smallest absolute Gasteiger partial charge is 0.0307 e. The van der Waals surface area contributed by atoms with Gasteiger partial charge in [-0.25, -0.2) is 0 Å². The summed E-state index contributed by atoms with van der Waals surface area (Å²) in [6.07, 6.45) is 3.76. The molecule has 0 aliphatic carbocycles. The predicted molar refractivity (Wildman–Crippen MR) is 71.9 cm³/mol. The molecule has 1 saturated heterocycles. The van der Waals surface area contributed by atoms with Gasteiger partial charge in [0.05, 0.1) is 0 Å². The zero-order valence-electron chi connectivity index (χ0n) is 12.1. The first-order valence-electron chi connectivity index (χ1n) is 6.90. The molecule has 0 saturated carbocycles. The van der Waals surface area contributed by atoms with Crippen molar-refractivity contribution >= 4 is 0 Å². The lowest BCUT2D eigenvalue weighted by Crippen LogP contribution is -2.69. The molecular weight excluding hydrogens is 196 g/mol. The van der Waals surface area contributed by atoms with Crippen LogP contribution in [0.3, 0.4) is 0 Å². The SMILES string of the molecule is CCC(CC)N1CC(C)(C)NCC1(C)CC. The standard InChI is InChI=1S/C14H30N2/c1-7-12(8-2)16-11-13(4,5)15-10-14(16,6)9-3/h12,15H,7-11H2,1-6H3. The molecule has 0 aromatic heterocycles. The maximum absolute atomic E-state index is 3.69. The van der Waals surface area contributed by atoms with Crippen LogP contribution in [0.2, 0.25) is 0 Å². The van der Waals surface area contributed by atoms with Crippen LogP contribution in [0.5, 0.6) is 0 Å².